The first kappa shape index (κ1) is 12.4. The van der Waals surface area contributed by atoms with E-state index in [-0.39, 0.29) is 5.82 Å². The topological polar surface area (TPSA) is 80.5 Å². The number of aromatic amines is 1. The van der Waals surface area contributed by atoms with Gasteiger partial charge in [0, 0.05) is 18.3 Å². The van der Waals surface area contributed by atoms with Gasteiger partial charge in [0.25, 0.3) is 0 Å². The number of aromatic nitrogens is 4. The molecule has 100 valence electrons. The molecule has 3 N–H and O–H groups in total. The van der Waals surface area contributed by atoms with Gasteiger partial charge in [-0.3, -0.25) is 5.10 Å². The Hall–Kier alpha value is -2.60. The van der Waals surface area contributed by atoms with Crippen LogP contribution in [0.15, 0.2) is 42.9 Å². The highest BCUT2D eigenvalue weighted by atomic mass is 19.1. The SMILES string of the molecule is NCc1[nH]nc(-c2ccc(F)cc2)c1-c1ccncn1. The van der Waals surface area contributed by atoms with Gasteiger partial charge in [0.1, 0.15) is 17.8 Å². The molecule has 0 bridgehead atoms. The summed E-state index contributed by atoms with van der Waals surface area (Å²) in [5.41, 5.74) is 9.56. The van der Waals surface area contributed by atoms with Gasteiger partial charge in [-0.1, -0.05) is 0 Å². The summed E-state index contributed by atoms with van der Waals surface area (Å²) in [5, 5.41) is 7.18. The van der Waals surface area contributed by atoms with E-state index < -0.39 is 0 Å². The molecule has 0 amide bonds. The lowest BCUT2D eigenvalue weighted by atomic mass is 10.0. The zero-order valence-corrected chi connectivity index (χ0v) is 10.5. The van der Waals surface area contributed by atoms with Gasteiger partial charge in [0.2, 0.25) is 0 Å². The van der Waals surface area contributed by atoms with E-state index >= 15 is 0 Å². The van der Waals surface area contributed by atoms with Gasteiger partial charge in [0.15, 0.2) is 0 Å². The molecule has 0 unspecified atom stereocenters. The lowest BCUT2D eigenvalue weighted by Crippen LogP contribution is -1.99. The first-order valence-corrected chi connectivity index (χ1v) is 6.09. The fourth-order valence-corrected chi connectivity index (χ4v) is 2.06. The van der Waals surface area contributed by atoms with E-state index in [1.807, 2.05) is 0 Å². The number of hydrogen-bond acceptors (Lipinski definition) is 4. The van der Waals surface area contributed by atoms with Crippen LogP contribution in [0.4, 0.5) is 4.39 Å². The van der Waals surface area contributed by atoms with Crippen LogP contribution in [0.25, 0.3) is 22.5 Å². The zero-order chi connectivity index (χ0) is 13.9. The minimum atomic E-state index is -0.285. The summed E-state index contributed by atoms with van der Waals surface area (Å²) in [6.45, 7) is 0.313. The van der Waals surface area contributed by atoms with Gasteiger partial charge >= 0.3 is 0 Å². The zero-order valence-electron chi connectivity index (χ0n) is 10.5. The second-order valence-electron chi connectivity index (χ2n) is 4.23. The Morgan fingerprint density at radius 3 is 2.60 bits per heavy atom. The van der Waals surface area contributed by atoms with Gasteiger partial charge in [-0.2, -0.15) is 5.10 Å². The van der Waals surface area contributed by atoms with Crippen LogP contribution in [-0.4, -0.2) is 20.2 Å². The molecule has 20 heavy (non-hydrogen) atoms. The highest BCUT2D eigenvalue weighted by molar-refractivity contribution is 5.80. The maximum atomic E-state index is 13.0. The molecule has 3 rings (SSSR count). The molecule has 1 aromatic carbocycles. The van der Waals surface area contributed by atoms with Gasteiger partial charge in [-0.15, -0.1) is 0 Å². The second-order valence-corrected chi connectivity index (χ2v) is 4.23. The highest BCUT2D eigenvalue weighted by Gasteiger charge is 2.16. The summed E-state index contributed by atoms with van der Waals surface area (Å²) < 4.78 is 13.0. The molecule has 0 atom stereocenters. The summed E-state index contributed by atoms with van der Waals surface area (Å²) in [5.74, 6) is -0.285. The van der Waals surface area contributed by atoms with Crippen molar-refractivity contribution in [3.8, 4) is 22.5 Å². The Balaban J connectivity index is 2.17. The monoisotopic (exact) mass is 269 g/mol. The van der Waals surface area contributed by atoms with Crippen molar-refractivity contribution in [2.45, 2.75) is 6.54 Å². The number of halogens is 1. The fourth-order valence-electron chi connectivity index (χ4n) is 2.06. The minimum absolute atomic E-state index is 0.285. The third kappa shape index (κ3) is 2.17. The summed E-state index contributed by atoms with van der Waals surface area (Å²) in [6, 6.07) is 7.94. The molecule has 0 fully saturated rings. The van der Waals surface area contributed by atoms with E-state index in [0.717, 1.165) is 22.5 Å². The summed E-state index contributed by atoms with van der Waals surface area (Å²) in [7, 11) is 0. The number of H-pyrrole nitrogens is 1. The molecule has 0 radical (unpaired) electrons. The highest BCUT2D eigenvalue weighted by Crippen LogP contribution is 2.31. The Bertz CT molecular complexity index is 706. The molecule has 0 aliphatic carbocycles. The summed E-state index contributed by atoms with van der Waals surface area (Å²) in [6.07, 6.45) is 3.13. The predicted octanol–water partition coefficient (Wildman–Crippen LogP) is 2.13. The van der Waals surface area contributed by atoms with E-state index in [1.54, 1.807) is 24.4 Å². The van der Waals surface area contributed by atoms with E-state index in [0.29, 0.717) is 12.2 Å². The van der Waals surface area contributed by atoms with E-state index in [9.17, 15) is 4.39 Å². The van der Waals surface area contributed by atoms with Crippen molar-refractivity contribution < 1.29 is 4.39 Å². The average molecular weight is 269 g/mol. The number of nitrogens with one attached hydrogen (secondary N) is 1. The van der Waals surface area contributed by atoms with Crippen molar-refractivity contribution in [2.24, 2.45) is 5.73 Å². The minimum Gasteiger partial charge on any atom is -0.325 e. The molecule has 0 saturated heterocycles. The van der Waals surface area contributed by atoms with Crippen molar-refractivity contribution in [1.29, 1.82) is 0 Å². The maximum Gasteiger partial charge on any atom is 0.123 e. The molecule has 0 aliphatic heterocycles. The van der Waals surface area contributed by atoms with Crippen molar-refractivity contribution in [2.75, 3.05) is 0 Å². The van der Waals surface area contributed by atoms with E-state index in [2.05, 4.69) is 20.2 Å². The number of nitrogens with two attached hydrogens (primary N) is 1. The second kappa shape index (κ2) is 5.18. The van der Waals surface area contributed by atoms with Crippen LogP contribution < -0.4 is 5.73 Å². The molecule has 2 heterocycles. The molecule has 0 aliphatic rings. The maximum absolute atomic E-state index is 13.0. The van der Waals surface area contributed by atoms with Crippen LogP contribution in [0.2, 0.25) is 0 Å². The third-order valence-corrected chi connectivity index (χ3v) is 3.00. The smallest absolute Gasteiger partial charge is 0.123 e. The fraction of sp³-hybridized carbons (Fsp3) is 0.0714. The van der Waals surface area contributed by atoms with Crippen molar-refractivity contribution >= 4 is 0 Å². The van der Waals surface area contributed by atoms with Gasteiger partial charge < -0.3 is 5.73 Å². The lowest BCUT2D eigenvalue weighted by Gasteiger charge is -2.04. The van der Waals surface area contributed by atoms with Crippen LogP contribution in [0.1, 0.15) is 5.69 Å². The third-order valence-electron chi connectivity index (χ3n) is 3.00. The molecule has 6 heteroatoms. The quantitative estimate of drug-likeness (QED) is 0.763. The Morgan fingerprint density at radius 1 is 1.15 bits per heavy atom. The number of rotatable bonds is 3. The van der Waals surface area contributed by atoms with Gasteiger partial charge in [0.05, 0.1) is 17.0 Å². The largest absolute Gasteiger partial charge is 0.325 e. The van der Waals surface area contributed by atoms with E-state index in [4.69, 9.17) is 5.73 Å². The Labute approximate surface area is 114 Å². The predicted molar refractivity (Wildman–Crippen MR) is 72.9 cm³/mol. The van der Waals surface area contributed by atoms with Crippen LogP contribution in [0.5, 0.6) is 0 Å². The molecule has 0 saturated carbocycles. The first-order chi connectivity index (χ1) is 9.79. The molecule has 5 nitrogen and oxygen atoms in total. The standard InChI is InChI=1S/C14H12FN5/c15-10-3-1-9(2-4-10)14-13(12(7-16)19-20-14)11-5-6-17-8-18-11/h1-6,8H,7,16H2,(H,19,20). The summed E-state index contributed by atoms with van der Waals surface area (Å²) >= 11 is 0. The molecule has 0 spiro atoms. The number of nitrogens with zero attached hydrogens (tertiary/aromatic N) is 3. The Morgan fingerprint density at radius 2 is 1.95 bits per heavy atom. The van der Waals surface area contributed by atoms with Crippen molar-refractivity contribution in [1.82, 2.24) is 20.2 Å². The first-order valence-electron chi connectivity index (χ1n) is 6.09. The van der Waals surface area contributed by atoms with Crippen LogP contribution >= 0.6 is 0 Å². The molecule has 3 aromatic rings. The van der Waals surface area contributed by atoms with Crippen LogP contribution in [-0.2, 0) is 6.54 Å². The van der Waals surface area contributed by atoms with Crippen LogP contribution in [0.3, 0.4) is 0 Å². The van der Waals surface area contributed by atoms with Crippen molar-refractivity contribution in [3.05, 3.63) is 54.4 Å². The van der Waals surface area contributed by atoms with Crippen molar-refractivity contribution in [3.63, 3.8) is 0 Å². The molecule has 2 aromatic heterocycles. The Kier molecular flexibility index (Phi) is 3.22. The van der Waals surface area contributed by atoms with Gasteiger partial charge in [-0.25, -0.2) is 14.4 Å². The van der Waals surface area contributed by atoms with Crippen LogP contribution in [0, 0.1) is 5.82 Å². The molecular formula is C14H12FN5. The lowest BCUT2D eigenvalue weighted by molar-refractivity contribution is 0.628. The average Bonchev–Trinajstić information content (AvgIpc) is 2.93. The van der Waals surface area contributed by atoms with Gasteiger partial charge in [-0.05, 0) is 30.3 Å². The number of hydrogen-bond donors (Lipinski definition) is 2. The molecular weight excluding hydrogens is 257 g/mol. The van der Waals surface area contributed by atoms with E-state index in [1.165, 1.54) is 18.5 Å². The normalized spacial score (nSPS) is 10.7. The summed E-state index contributed by atoms with van der Waals surface area (Å²) in [4.78, 5) is 8.13. The number of benzene rings is 1.